The Kier molecular flexibility index (Phi) is 4.06. The van der Waals surface area contributed by atoms with E-state index in [4.69, 9.17) is 4.42 Å². The van der Waals surface area contributed by atoms with Gasteiger partial charge in [0.05, 0.1) is 24.2 Å². The summed E-state index contributed by atoms with van der Waals surface area (Å²) in [5, 5.41) is 16.9. The highest BCUT2D eigenvalue weighted by Gasteiger charge is 2.08. The number of hydrogen-bond donors (Lipinski definition) is 1. The largest absolute Gasteiger partial charge is 0.467 e. The van der Waals surface area contributed by atoms with Gasteiger partial charge in [-0.3, -0.25) is 4.79 Å². The highest BCUT2D eigenvalue weighted by Crippen LogP contribution is 2.19. The van der Waals surface area contributed by atoms with Crippen molar-refractivity contribution in [3.05, 3.63) is 41.7 Å². The molecule has 0 aliphatic heterocycles. The van der Waals surface area contributed by atoms with Gasteiger partial charge in [0.15, 0.2) is 0 Å². The Morgan fingerprint density at radius 2 is 2.33 bits per heavy atom. The molecule has 0 spiro atoms. The molecule has 0 aromatic carbocycles. The zero-order valence-corrected chi connectivity index (χ0v) is 11.9. The van der Waals surface area contributed by atoms with Crippen molar-refractivity contribution >= 4 is 17.2 Å². The van der Waals surface area contributed by atoms with Crippen molar-refractivity contribution in [1.29, 1.82) is 0 Å². The molecule has 108 valence electrons. The van der Waals surface area contributed by atoms with Gasteiger partial charge < -0.3 is 9.73 Å². The van der Waals surface area contributed by atoms with Gasteiger partial charge >= 0.3 is 0 Å². The number of thiophene rings is 1. The molecule has 3 aromatic heterocycles. The molecule has 1 N–H and O–H groups in total. The molecule has 3 aromatic rings. The van der Waals surface area contributed by atoms with Crippen molar-refractivity contribution in [2.75, 3.05) is 0 Å². The third-order valence-corrected chi connectivity index (χ3v) is 3.64. The highest BCUT2D eigenvalue weighted by atomic mass is 32.1. The van der Waals surface area contributed by atoms with E-state index >= 15 is 0 Å². The predicted octanol–water partition coefficient (Wildman–Crippen LogP) is 1.70. The van der Waals surface area contributed by atoms with Crippen LogP contribution in [0.25, 0.3) is 10.7 Å². The SMILES string of the molecule is O=C(CCn1nnc(-c2cccs2)n1)NCc1ccco1. The first-order valence-electron chi connectivity index (χ1n) is 6.42. The fourth-order valence-corrected chi connectivity index (χ4v) is 2.38. The quantitative estimate of drug-likeness (QED) is 0.749. The maximum atomic E-state index is 11.7. The van der Waals surface area contributed by atoms with Crippen LogP contribution in [0.5, 0.6) is 0 Å². The second-order valence-electron chi connectivity index (χ2n) is 4.29. The average Bonchev–Trinajstić information content (AvgIpc) is 3.24. The summed E-state index contributed by atoms with van der Waals surface area (Å²) < 4.78 is 5.14. The number of rotatable bonds is 6. The smallest absolute Gasteiger partial charge is 0.222 e. The number of furan rings is 1. The molecule has 0 aliphatic rings. The van der Waals surface area contributed by atoms with E-state index in [1.807, 2.05) is 23.6 Å². The van der Waals surface area contributed by atoms with E-state index in [1.54, 1.807) is 23.7 Å². The second kappa shape index (κ2) is 6.31. The number of aromatic nitrogens is 4. The Hall–Kier alpha value is -2.48. The van der Waals surface area contributed by atoms with Crippen LogP contribution in [0.4, 0.5) is 0 Å². The Morgan fingerprint density at radius 3 is 3.10 bits per heavy atom. The topological polar surface area (TPSA) is 85.8 Å². The summed E-state index contributed by atoms with van der Waals surface area (Å²) >= 11 is 1.55. The Morgan fingerprint density at radius 1 is 1.38 bits per heavy atom. The molecule has 0 radical (unpaired) electrons. The minimum absolute atomic E-state index is 0.0821. The standard InChI is InChI=1S/C13H13N5O2S/c19-12(14-9-10-3-1-7-20-10)5-6-18-16-13(15-17-18)11-4-2-8-21-11/h1-4,7-8H,5-6,9H2,(H,14,19). The molecule has 7 nitrogen and oxygen atoms in total. The lowest BCUT2D eigenvalue weighted by molar-refractivity contribution is -0.121. The second-order valence-corrected chi connectivity index (χ2v) is 5.24. The number of tetrazole rings is 1. The lowest BCUT2D eigenvalue weighted by atomic mass is 10.4. The lowest BCUT2D eigenvalue weighted by Crippen LogP contribution is -2.24. The van der Waals surface area contributed by atoms with E-state index in [0.717, 1.165) is 10.6 Å². The minimum atomic E-state index is -0.0821. The molecule has 0 atom stereocenters. The molecule has 1 amide bonds. The van der Waals surface area contributed by atoms with Gasteiger partial charge in [-0.1, -0.05) is 6.07 Å². The van der Waals surface area contributed by atoms with Crippen molar-refractivity contribution in [1.82, 2.24) is 25.5 Å². The van der Waals surface area contributed by atoms with Crippen LogP contribution in [0.15, 0.2) is 40.3 Å². The van der Waals surface area contributed by atoms with E-state index in [2.05, 4.69) is 20.7 Å². The monoisotopic (exact) mass is 303 g/mol. The third kappa shape index (κ3) is 3.54. The summed E-state index contributed by atoms with van der Waals surface area (Å²) in [5.74, 6) is 1.23. The molecule has 0 saturated heterocycles. The van der Waals surface area contributed by atoms with Crippen molar-refractivity contribution in [2.24, 2.45) is 0 Å². The van der Waals surface area contributed by atoms with E-state index < -0.39 is 0 Å². The van der Waals surface area contributed by atoms with Crippen molar-refractivity contribution in [2.45, 2.75) is 19.5 Å². The fourth-order valence-electron chi connectivity index (χ4n) is 1.73. The maximum Gasteiger partial charge on any atom is 0.222 e. The number of hydrogen-bond acceptors (Lipinski definition) is 6. The number of carbonyl (C=O) groups excluding carboxylic acids is 1. The summed E-state index contributed by atoms with van der Waals surface area (Å²) in [6.45, 7) is 0.777. The van der Waals surface area contributed by atoms with Crippen LogP contribution in [0, 0.1) is 0 Å². The summed E-state index contributed by atoms with van der Waals surface area (Å²) in [7, 11) is 0. The van der Waals surface area contributed by atoms with E-state index in [-0.39, 0.29) is 5.91 Å². The third-order valence-electron chi connectivity index (χ3n) is 2.77. The van der Waals surface area contributed by atoms with Crippen molar-refractivity contribution in [3.8, 4) is 10.7 Å². The number of nitrogens with zero attached hydrogens (tertiary/aromatic N) is 4. The molecule has 3 heterocycles. The van der Waals surface area contributed by atoms with Crippen LogP contribution in [0.1, 0.15) is 12.2 Å². The van der Waals surface area contributed by atoms with E-state index in [9.17, 15) is 4.79 Å². The maximum absolute atomic E-state index is 11.7. The van der Waals surface area contributed by atoms with Gasteiger partial charge in [0.2, 0.25) is 11.7 Å². The molecule has 0 aliphatic carbocycles. The van der Waals surface area contributed by atoms with Gasteiger partial charge in [0.1, 0.15) is 5.76 Å². The summed E-state index contributed by atoms with van der Waals surface area (Å²) in [4.78, 5) is 14.1. The molecule has 3 rings (SSSR count). The van der Waals surface area contributed by atoms with Gasteiger partial charge in [-0.15, -0.1) is 21.5 Å². The van der Waals surface area contributed by atoms with E-state index in [0.29, 0.717) is 25.3 Å². The minimum Gasteiger partial charge on any atom is -0.467 e. The highest BCUT2D eigenvalue weighted by molar-refractivity contribution is 7.13. The Bertz CT molecular complexity index is 690. The summed E-state index contributed by atoms with van der Waals surface area (Å²) in [6.07, 6.45) is 1.87. The average molecular weight is 303 g/mol. The van der Waals surface area contributed by atoms with Crippen LogP contribution in [-0.4, -0.2) is 26.1 Å². The first kappa shape index (κ1) is 13.5. The van der Waals surface area contributed by atoms with E-state index in [1.165, 1.54) is 4.80 Å². The lowest BCUT2D eigenvalue weighted by Gasteiger charge is -2.02. The molecular formula is C13H13N5O2S. The zero-order valence-electron chi connectivity index (χ0n) is 11.1. The van der Waals surface area contributed by atoms with Crippen LogP contribution in [0.3, 0.4) is 0 Å². The van der Waals surface area contributed by atoms with Crippen LogP contribution in [-0.2, 0) is 17.9 Å². The van der Waals surface area contributed by atoms with Gasteiger partial charge in [-0.05, 0) is 28.8 Å². The molecule has 0 saturated carbocycles. The van der Waals surface area contributed by atoms with Crippen LogP contribution in [0.2, 0.25) is 0 Å². The number of aryl methyl sites for hydroxylation is 1. The zero-order chi connectivity index (χ0) is 14.5. The van der Waals surface area contributed by atoms with Crippen molar-refractivity contribution in [3.63, 3.8) is 0 Å². The first-order valence-corrected chi connectivity index (χ1v) is 7.30. The Labute approximate surface area is 124 Å². The van der Waals surface area contributed by atoms with Crippen molar-refractivity contribution < 1.29 is 9.21 Å². The molecule has 21 heavy (non-hydrogen) atoms. The molecular weight excluding hydrogens is 290 g/mol. The van der Waals surface area contributed by atoms with Gasteiger partial charge in [-0.2, -0.15) is 4.80 Å². The predicted molar refractivity (Wildman–Crippen MR) is 76.3 cm³/mol. The van der Waals surface area contributed by atoms with Gasteiger partial charge in [-0.25, -0.2) is 0 Å². The molecule has 0 fully saturated rings. The first-order chi connectivity index (χ1) is 10.3. The Balaban J connectivity index is 1.47. The van der Waals surface area contributed by atoms with Crippen LogP contribution >= 0.6 is 11.3 Å². The summed E-state index contributed by atoms with van der Waals surface area (Å²) in [5.41, 5.74) is 0. The normalized spacial score (nSPS) is 10.7. The fraction of sp³-hybridized carbons (Fsp3) is 0.231. The molecule has 0 bridgehead atoms. The van der Waals surface area contributed by atoms with Gasteiger partial charge in [0.25, 0.3) is 0 Å². The van der Waals surface area contributed by atoms with Crippen LogP contribution < -0.4 is 5.32 Å². The van der Waals surface area contributed by atoms with Gasteiger partial charge in [0, 0.05) is 6.42 Å². The summed E-state index contributed by atoms with van der Waals surface area (Å²) in [6, 6.07) is 7.46. The number of amides is 1. The molecule has 0 unspecified atom stereocenters. The number of nitrogens with one attached hydrogen (secondary N) is 1. The number of carbonyl (C=O) groups is 1. The molecule has 8 heteroatoms.